The zero-order chi connectivity index (χ0) is 16.4. The minimum absolute atomic E-state index is 0.0158. The van der Waals surface area contributed by atoms with Crippen LogP contribution in [0.4, 0.5) is 4.39 Å². The highest BCUT2D eigenvalue weighted by Gasteiger charge is 2.27. The Kier molecular flexibility index (Phi) is 4.65. The van der Waals surface area contributed by atoms with Crippen molar-refractivity contribution >= 4 is 21.4 Å². The van der Waals surface area contributed by atoms with Gasteiger partial charge in [0.25, 0.3) is 0 Å². The zero-order valence-electron chi connectivity index (χ0n) is 12.6. The van der Waals surface area contributed by atoms with Gasteiger partial charge in [0.15, 0.2) is 11.6 Å². The highest BCUT2D eigenvalue weighted by atomic mass is 32.2. The Labute approximate surface area is 138 Å². The smallest absolute Gasteiger partial charge is 0.212 e. The summed E-state index contributed by atoms with van der Waals surface area (Å²) in [5, 5.41) is 0. The average Bonchev–Trinajstić information content (AvgIpc) is 2.91. The maximum atomic E-state index is 13.7. The lowest BCUT2D eigenvalue weighted by Crippen LogP contribution is -2.34. The first-order valence-corrected chi connectivity index (χ1v) is 9.79. The predicted octanol–water partition coefficient (Wildman–Crippen LogP) is 2.58. The number of ether oxygens (including phenoxy) is 1. The summed E-state index contributed by atoms with van der Waals surface area (Å²) in [5.41, 5.74) is 3.12. The number of aromatic nitrogens is 1. The van der Waals surface area contributed by atoms with Crippen LogP contribution in [0.25, 0.3) is 0 Å². The number of hydrogen-bond acceptors (Lipinski definition) is 5. The molecule has 1 aliphatic rings. The number of fused-ring (bicyclic) bond motifs is 1. The molecule has 8 heteroatoms. The molecular formula is C15H17FN2O3S2. The van der Waals surface area contributed by atoms with Gasteiger partial charge in [0.05, 0.1) is 29.6 Å². The van der Waals surface area contributed by atoms with Gasteiger partial charge in [-0.05, 0) is 19.4 Å². The Bertz CT molecular complexity index is 805. The predicted molar refractivity (Wildman–Crippen MR) is 86.7 cm³/mol. The van der Waals surface area contributed by atoms with Crippen LogP contribution in [0.1, 0.15) is 28.6 Å². The van der Waals surface area contributed by atoms with E-state index in [0.717, 1.165) is 10.6 Å². The van der Waals surface area contributed by atoms with Gasteiger partial charge in [-0.3, -0.25) is 0 Å². The number of thiazole rings is 1. The minimum Gasteiger partial charge on any atom is -0.490 e. The highest BCUT2D eigenvalue weighted by Crippen LogP contribution is 2.34. The molecule has 1 atom stereocenters. The van der Waals surface area contributed by atoms with Gasteiger partial charge >= 0.3 is 0 Å². The first kappa shape index (κ1) is 16.4. The van der Waals surface area contributed by atoms with Crippen LogP contribution in [0.15, 0.2) is 23.7 Å². The van der Waals surface area contributed by atoms with E-state index in [1.54, 1.807) is 17.6 Å². The number of nitrogens with one attached hydrogen (secondary N) is 1. The number of benzene rings is 1. The van der Waals surface area contributed by atoms with E-state index in [0.29, 0.717) is 18.4 Å². The molecule has 1 N–H and O–H groups in total. The van der Waals surface area contributed by atoms with Crippen LogP contribution in [-0.4, -0.2) is 25.8 Å². The third-order valence-electron chi connectivity index (χ3n) is 3.79. The van der Waals surface area contributed by atoms with Crippen LogP contribution in [0.2, 0.25) is 0 Å². The molecule has 5 nitrogen and oxygen atoms in total. The van der Waals surface area contributed by atoms with Gasteiger partial charge in [0, 0.05) is 16.9 Å². The second kappa shape index (κ2) is 6.54. The summed E-state index contributed by atoms with van der Waals surface area (Å²) in [5.74, 6) is -0.339. The molecule has 0 saturated carbocycles. The van der Waals surface area contributed by atoms with Crippen molar-refractivity contribution in [1.82, 2.24) is 9.71 Å². The number of para-hydroxylation sites is 1. The molecular weight excluding hydrogens is 339 g/mol. The van der Waals surface area contributed by atoms with E-state index < -0.39 is 21.9 Å². The number of nitrogens with zero attached hydrogens (tertiary/aromatic N) is 1. The highest BCUT2D eigenvalue weighted by molar-refractivity contribution is 7.89. The number of rotatable bonds is 5. The van der Waals surface area contributed by atoms with Gasteiger partial charge < -0.3 is 4.74 Å². The standard InChI is InChI=1S/C15H17FN2O3S2/c1-10-14(22-9-17-10)6-8-23(19,20)18-13-5-7-21-15-11(13)3-2-4-12(15)16/h2-4,9,13,18H,5-8H2,1H3/t13-/m0/s1. The molecule has 0 saturated heterocycles. The Morgan fingerprint density at radius 2 is 2.30 bits per heavy atom. The Morgan fingerprint density at radius 3 is 3.04 bits per heavy atom. The molecule has 2 heterocycles. The van der Waals surface area contributed by atoms with Crippen molar-refractivity contribution in [1.29, 1.82) is 0 Å². The summed E-state index contributed by atoms with van der Waals surface area (Å²) in [6.07, 6.45) is 0.903. The quantitative estimate of drug-likeness (QED) is 0.894. The average molecular weight is 356 g/mol. The fourth-order valence-electron chi connectivity index (χ4n) is 2.58. The summed E-state index contributed by atoms with van der Waals surface area (Å²) >= 11 is 1.45. The van der Waals surface area contributed by atoms with E-state index in [-0.39, 0.29) is 18.1 Å². The summed E-state index contributed by atoms with van der Waals surface area (Å²) in [6.45, 7) is 2.15. The van der Waals surface area contributed by atoms with Gasteiger partial charge in [-0.25, -0.2) is 22.5 Å². The van der Waals surface area contributed by atoms with E-state index in [2.05, 4.69) is 9.71 Å². The summed E-state index contributed by atoms with van der Waals surface area (Å²) < 4.78 is 46.4. The van der Waals surface area contributed by atoms with Gasteiger partial charge in [-0.15, -0.1) is 11.3 Å². The van der Waals surface area contributed by atoms with Crippen LogP contribution in [-0.2, 0) is 16.4 Å². The molecule has 0 fully saturated rings. The van der Waals surface area contributed by atoms with Crippen LogP contribution in [0.5, 0.6) is 5.75 Å². The van der Waals surface area contributed by atoms with Crippen molar-refractivity contribution in [3.63, 3.8) is 0 Å². The molecule has 0 radical (unpaired) electrons. The fourth-order valence-corrected chi connectivity index (χ4v) is 4.76. The molecule has 1 aromatic carbocycles. The molecule has 0 amide bonds. The van der Waals surface area contributed by atoms with E-state index in [1.807, 2.05) is 6.92 Å². The molecule has 0 bridgehead atoms. The second-order valence-electron chi connectivity index (χ2n) is 5.40. The van der Waals surface area contributed by atoms with Gasteiger partial charge in [-0.1, -0.05) is 12.1 Å². The third-order valence-corrected chi connectivity index (χ3v) is 6.17. The van der Waals surface area contributed by atoms with Gasteiger partial charge in [-0.2, -0.15) is 0 Å². The Balaban J connectivity index is 1.72. The van der Waals surface area contributed by atoms with Crippen LogP contribution in [0.3, 0.4) is 0 Å². The van der Waals surface area contributed by atoms with Crippen molar-refractivity contribution in [3.05, 3.63) is 45.7 Å². The van der Waals surface area contributed by atoms with E-state index in [4.69, 9.17) is 4.74 Å². The lowest BCUT2D eigenvalue weighted by Gasteiger charge is -2.26. The van der Waals surface area contributed by atoms with Crippen molar-refractivity contribution in [3.8, 4) is 5.75 Å². The van der Waals surface area contributed by atoms with E-state index >= 15 is 0 Å². The third kappa shape index (κ3) is 3.70. The molecule has 0 spiro atoms. The maximum Gasteiger partial charge on any atom is 0.212 e. The fraction of sp³-hybridized carbons (Fsp3) is 0.400. The second-order valence-corrected chi connectivity index (χ2v) is 8.21. The first-order chi connectivity index (χ1) is 11.0. The molecule has 1 aromatic heterocycles. The van der Waals surface area contributed by atoms with Crippen molar-refractivity contribution in [2.75, 3.05) is 12.4 Å². The normalized spacial score (nSPS) is 17.6. The summed E-state index contributed by atoms with van der Waals surface area (Å²) in [7, 11) is -3.48. The van der Waals surface area contributed by atoms with Crippen LogP contribution < -0.4 is 9.46 Å². The van der Waals surface area contributed by atoms with Crippen molar-refractivity contribution in [2.45, 2.75) is 25.8 Å². The largest absolute Gasteiger partial charge is 0.490 e. The number of aryl methyl sites for hydroxylation is 2. The van der Waals surface area contributed by atoms with Crippen LogP contribution >= 0.6 is 11.3 Å². The number of hydrogen-bond donors (Lipinski definition) is 1. The minimum atomic E-state index is -3.48. The lowest BCUT2D eigenvalue weighted by atomic mass is 10.0. The Hall–Kier alpha value is -1.51. The lowest BCUT2D eigenvalue weighted by molar-refractivity contribution is 0.250. The molecule has 124 valence electrons. The summed E-state index contributed by atoms with van der Waals surface area (Å²) in [4.78, 5) is 5.08. The maximum absolute atomic E-state index is 13.7. The summed E-state index contributed by atoms with van der Waals surface area (Å²) in [6, 6.07) is 4.10. The van der Waals surface area contributed by atoms with Crippen molar-refractivity contribution < 1.29 is 17.5 Å². The molecule has 2 aromatic rings. The van der Waals surface area contributed by atoms with E-state index in [1.165, 1.54) is 17.4 Å². The topological polar surface area (TPSA) is 68.3 Å². The SMILES string of the molecule is Cc1ncsc1CCS(=O)(=O)N[C@H]1CCOc2c(F)cccc21. The molecule has 0 unspecified atom stereocenters. The zero-order valence-corrected chi connectivity index (χ0v) is 14.2. The number of halogens is 1. The van der Waals surface area contributed by atoms with Crippen molar-refractivity contribution in [2.24, 2.45) is 0 Å². The molecule has 23 heavy (non-hydrogen) atoms. The monoisotopic (exact) mass is 356 g/mol. The first-order valence-electron chi connectivity index (χ1n) is 7.26. The molecule has 0 aliphatic carbocycles. The number of sulfonamides is 1. The Morgan fingerprint density at radius 1 is 1.48 bits per heavy atom. The molecule has 3 rings (SSSR count). The van der Waals surface area contributed by atoms with E-state index in [9.17, 15) is 12.8 Å². The molecule has 1 aliphatic heterocycles. The van der Waals surface area contributed by atoms with Gasteiger partial charge in [0.2, 0.25) is 10.0 Å². The van der Waals surface area contributed by atoms with Crippen LogP contribution in [0, 0.1) is 12.7 Å². The van der Waals surface area contributed by atoms with Gasteiger partial charge in [0.1, 0.15) is 0 Å².